The normalized spacial score (nSPS) is 13.5. The monoisotopic (exact) mass is 199 g/mol. The van der Waals surface area contributed by atoms with Crippen molar-refractivity contribution in [3.8, 4) is 0 Å². The molecular weight excluding hydrogens is 182 g/mol. The van der Waals surface area contributed by atoms with E-state index in [9.17, 15) is 0 Å². The third-order valence-electron chi connectivity index (χ3n) is 2.11. The highest BCUT2D eigenvalue weighted by Crippen LogP contribution is 1.99. The van der Waals surface area contributed by atoms with Crippen LogP contribution in [0.25, 0.3) is 0 Å². The summed E-state index contributed by atoms with van der Waals surface area (Å²) >= 11 is 1.64. The first-order valence-corrected chi connectivity index (χ1v) is 5.38. The highest BCUT2D eigenvalue weighted by molar-refractivity contribution is 7.07. The van der Waals surface area contributed by atoms with E-state index < -0.39 is 0 Å². The Balaban J connectivity index is 2.14. The van der Waals surface area contributed by atoms with Gasteiger partial charge in [-0.3, -0.25) is 0 Å². The molecule has 1 unspecified atom stereocenters. The van der Waals surface area contributed by atoms with Crippen LogP contribution in [0.1, 0.15) is 12.6 Å². The summed E-state index contributed by atoms with van der Waals surface area (Å²) < 4.78 is 0. The first kappa shape index (κ1) is 10.6. The molecule has 0 saturated heterocycles. The van der Waals surface area contributed by atoms with Gasteiger partial charge in [0.1, 0.15) is 0 Å². The second kappa shape index (κ2) is 5.32. The molecule has 1 heterocycles. The summed E-state index contributed by atoms with van der Waals surface area (Å²) in [7, 11) is 4.18. The van der Waals surface area contributed by atoms with E-state index in [1.807, 2.05) is 5.51 Å². The van der Waals surface area contributed by atoms with Crippen LogP contribution in [0.5, 0.6) is 0 Å². The number of hydrogen-bond acceptors (Lipinski definition) is 4. The van der Waals surface area contributed by atoms with Crippen molar-refractivity contribution in [2.24, 2.45) is 0 Å². The van der Waals surface area contributed by atoms with E-state index in [-0.39, 0.29) is 0 Å². The predicted molar refractivity (Wildman–Crippen MR) is 57.0 cm³/mol. The Morgan fingerprint density at radius 3 is 2.92 bits per heavy atom. The first-order chi connectivity index (χ1) is 6.20. The summed E-state index contributed by atoms with van der Waals surface area (Å²) in [5.74, 6) is 0. The third-order valence-corrected chi connectivity index (χ3v) is 2.75. The number of nitrogens with zero attached hydrogens (tertiary/aromatic N) is 2. The Morgan fingerprint density at radius 1 is 1.62 bits per heavy atom. The fourth-order valence-corrected chi connectivity index (χ4v) is 1.47. The highest BCUT2D eigenvalue weighted by Gasteiger charge is 2.03. The van der Waals surface area contributed by atoms with Gasteiger partial charge in [-0.2, -0.15) is 0 Å². The Labute approximate surface area is 83.8 Å². The number of nitrogens with one attached hydrogen (secondary N) is 1. The molecule has 0 aliphatic heterocycles. The van der Waals surface area contributed by atoms with Crippen molar-refractivity contribution in [2.45, 2.75) is 19.5 Å². The Kier molecular flexibility index (Phi) is 4.35. The average molecular weight is 199 g/mol. The lowest BCUT2D eigenvalue weighted by Gasteiger charge is -2.19. The zero-order valence-electron chi connectivity index (χ0n) is 8.45. The average Bonchev–Trinajstić information content (AvgIpc) is 2.56. The molecule has 0 spiro atoms. The van der Waals surface area contributed by atoms with Crippen LogP contribution in [0.15, 0.2) is 10.9 Å². The topological polar surface area (TPSA) is 28.2 Å². The predicted octanol–water partition coefficient (Wildman–Crippen LogP) is 1.18. The maximum atomic E-state index is 4.20. The van der Waals surface area contributed by atoms with E-state index in [1.165, 1.54) is 0 Å². The molecule has 0 aliphatic carbocycles. The fourth-order valence-electron chi connectivity index (χ4n) is 0.917. The van der Waals surface area contributed by atoms with Crippen molar-refractivity contribution < 1.29 is 0 Å². The van der Waals surface area contributed by atoms with Crippen LogP contribution in [0.3, 0.4) is 0 Å². The quantitative estimate of drug-likeness (QED) is 0.772. The van der Waals surface area contributed by atoms with Gasteiger partial charge in [0.05, 0.1) is 11.2 Å². The maximum Gasteiger partial charge on any atom is 0.0795 e. The second-order valence-electron chi connectivity index (χ2n) is 3.42. The van der Waals surface area contributed by atoms with Gasteiger partial charge in [0.15, 0.2) is 0 Å². The summed E-state index contributed by atoms with van der Waals surface area (Å²) in [5, 5.41) is 5.45. The molecule has 0 aromatic carbocycles. The van der Waals surface area contributed by atoms with Crippen molar-refractivity contribution in [3.05, 3.63) is 16.6 Å². The second-order valence-corrected chi connectivity index (χ2v) is 4.14. The molecule has 0 saturated carbocycles. The van der Waals surface area contributed by atoms with Crippen LogP contribution in [-0.4, -0.2) is 36.6 Å². The molecule has 0 radical (unpaired) electrons. The van der Waals surface area contributed by atoms with Crippen molar-refractivity contribution in [1.82, 2.24) is 15.2 Å². The van der Waals surface area contributed by atoms with E-state index in [4.69, 9.17) is 0 Å². The van der Waals surface area contributed by atoms with Crippen molar-refractivity contribution >= 4 is 11.3 Å². The van der Waals surface area contributed by atoms with Gasteiger partial charge >= 0.3 is 0 Å². The van der Waals surface area contributed by atoms with Crippen molar-refractivity contribution in [2.75, 3.05) is 20.6 Å². The first-order valence-electron chi connectivity index (χ1n) is 4.44. The van der Waals surface area contributed by atoms with Gasteiger partial charge < -0.3 is 10.2 Å². The molecule has 1 aromatic heterocycles. The van der Waals surface area contributed by atoms with Crippen molar-refractivity contribution in [1.29, 1.82) is 0 Å². The van der Waals surface area contributed by atoms with Gasteiger partial charge in [0.25, 0.3) is 0 Å². The van der Waals surface area contributed by atoms with Gasteiger partial charge in [0, 0.05) is 24.5 Å². The maximum absolute atomic E-state index is 4.20. The molecule has 1 aromatic rings. The van der Waals surface area contributed by atoms with Crippen LogP contribution in [-0.2, 0) is 6.54 Å². The smallest absolute Gasteiger partial charge is 0.0795 e. The molecule has 3 nitrogen and oxygen atoms in total. The molecule has 1 N–H and O–H groups in total. The standard InChI is InChI=1S/C9H17N3S/c1-8(12(2)3)4-10-5-9-6-13-7-11-9/h6-8,10H,4-5H2,1-3H3. The summed E-state index contributed by atoms with van der Waals surface area (Å²) in [5.41, 5.74) is 3.00. The number of rotatable bonds is 5. The van der Waals surface area contributed by atoms with Gasteiger partial charge in [-0.05, 0) is 21.0 Å². The number of aromatic nitrogens is 1. The van der Waals surface area contributed by atoms with Crippen LogP contribution in [0.2, 0.25) is 0 Å². The van der Waals surface area contributed by atoms with Gasteiger partial charge in [-0.15, -0.1) is 11.3 Å². The van der Waals surface area contributed by atoms with E-state index in [0.29, 0.717) is 6.04 Å². The summed E-state index contributed by atoms with van der Waals surface area (Å²) in [6.07, 6.45) is 0. The zero-order chi connectivity index (χ0) is 9.68. The Hall–Kier alpha value is -0.450. The molecule has 0 bridgehead atoms. The lowest BCUT2D eigenvalue weighted by Crippen LogP contribution is -2.35. The molecule has 1 rings (SSSR count). The third kappa shape index (κ3) is 3.85. The molecule has 0 amide bonds. The highest BCUT2D eigenvalue weighted by atomic mass is 32.1. The van der Waals surface area contributed by atoms with Gasteiger partial charge in [-0.25, -0.2) is 4.98 Å². The van der Waals surface area contributed by atoms with Crippen LogP contribution in [0.4, 0.5) is 0 Å². The van der Waals surface area contributed by atoms with Crippen molar-refractivity contribution in [3.63, 3.8) is 0 Å². The largest absolute Gasteiger partial charge is 0.310 e. The minimum Gasteiger partial charge on any atom is -0.310 e. The molecule has 13 heavy (non-hydrogen) atoms. The van der Waals surface area contributed by atoms with E-state index in [0.717, 1.165) is 18.8 Å². The van der Waals surface area contributed by atoms with Crippen LogP contribution < -0.4 is 5.32 Å². The molecule has 0 fully saturated rings. The molecule has 1 atom stereocenters. The number of likely N-dealkylation sites (N-methyl/N-ethyl adjacent to an activating group) is 1. The lowest BCUT2D eigenvalue weighted by molar-refractivity contribution is 0.302. The van der Waals surface area contributed by atoms with E-state index in [1.54, 1.807) is 11.3 Å². The SMILES string of the molecule is CC(CNCc1cscn1)N(C)C. The lowest BCUT2D eigenvalue weighted by atomic mass is 10.3. The Bertz CT molecular complexity index is 221. The molecule has 0 aliphatic rings. The van der Waals surface area contributed by atoms with Crippen LogP contribution in [0, 0.1) is 0 Å². The van der Waals surface area contributed by atoms with Gasteiger partial charge in [-0.1, -0.05) is 0 Å². The van der Waals surface area contributed by atoms with E-state index >= 15 is 0 Å². The molecule has 4 heteroatoms. The molecule has 74 valence electrons. The number of hydrogen-bond donors (Lipinski definition) is 1. The number of thiazole rings is 1. The minimum absolute atomic E-state index is 0.568. The van der Waals surface area contributed by atoms with Crippen LogP contribution >= 0.6 is 11.3 Å². The molecular formula is C9H17N3S. The van der Waals surface area contributed by atoms with E-state index in [2.05, 4.69) is 41.6 Å². The fraction of sp³-hybridized carbons (Fsp3) is 0.667. The summed E-state index contributed by atoms with van der Waals surface area (Å²) in [6, 6.07) is 0.568. The summed E-state index contributed by atoms with van der Waals surface area (Å²) in [6.45, 7) is 4.08. The Morgan fingerprint density at radius 2 is 2.38 bits per heavy atom. The minimum atomic E-state index is 0.568. The zero-order valence-corrected chi connectivity index (χ0v) is 9.27. The van der Waals surface area contributed by atoms with Gasteiger partial charge in [0.2, 0.25) is 0 Å². The summed E-state index contributed by atoms with van der Waals surface area (Å²) in [4.78, 5) is 6.40.